The number of hydrogen-bond acceptors (Lipinski definition) is 5. The van der Waals surface area contributed by atoms with E-state index in [4.69, 9.17) is 9.73 Å². The normalized spacial score (nSPS) is 24.0. The van der Waals surface area contributed by atoms with Crippen molar-refractivity contribution < 1.29 is 4.74 Å². The number of nitrogens with zero attached hydrogens (tertiary/aromatic N) is 4. The maximum absolute atomic E-state index is 6.99. The molecule has 3 aromatic rings. The zero-order chi connectivity index (χ0) is 22.1. The van der Waals surface area contributed by atoms with Crippen LogP contribution >= 0.6 is 0 Å². The van der Waals surface area contributed by atoms with E-state index in [0.717, 1.165) is 43.0 Å². The summed E-state index contributed by atoms with van der Waals surface area (Å²) in [5, 5.41) is 2.40. The lowest BCUT2D eigenvalue weighted by molar-refractivity contribution is 0.0827. The Morgan fingerprint density at radius 1 is 0.844 bits per heavy atom. The Balaban J connectivity index is 1.51. The number of benzene rings is 3. The third-order valence-corrected chi connectivity index (χ3v) is 7.77. The summed E-state index contributed by atoms with van der Waals surface area (Å²) in [5.74, 6) is 0.868. The predicted octanol–water partition coefficient (Wildman–Crippen LogP) is 4.81. The number of para-hydroxylation sites is 1. The number of anilines is 2. The molecule has 0 aromatic heterocycles. The molecule has 1 saturated heterocycles. The Kier molecular flexibility index (Phi) is 4.12. The molecule has 5 heteroatoms. The largest absolute Gasteiger partial charge is 0.459 e. The van der Waals surface area contributed by atoms with Crippen molar-refractivity contribution >= 4 is 34.0 Å². The van der Waals surface area contributed by atoms with E-state index in [0.29, 0.717) is 0 Å². The van der Waals surface area contributed by atoms with Crippen LogP contribution in [0.1, 0.15) is 19.4 Å². The van der Waals surface area contributed by atoms with Crippen LogP contribution < -0.4 is 14.5 Å². The molecule has 0 N–H and O–H groups in total. The second-order valence-corrected chi connectivity index (χ2v) is 9.84. The fourth-order valence-corrected chi connectivity index (χ4v) is 5.71. The van der Waals surface area contributed by atoms with Gasteiger partial charge >= 0.3 is 0 Å². The van der Waals surface area contributed by atoms with Crippen molar-refractivity contribution in [3.05, 3.63) is 60.2 Å². The molecule has 3 aromatic carbocycles. The highest BCUT2D eigenvalue weighted by Gasteiger charge is 2.58. The first kappa shape index (κ1) is 19.6. The van der Waals surface area contributed by atoms with Crippen LogP contribution in [0.2, 0.25) is 0 Å². The van der Waals surface area contributed by atoms with Gasteiger partial charge in [0.15, 0.2) is 5.75 Å². The van der Waals surface area contributed by atoms with Crippen LogP contribution in [-0.2, 0) is 5.41 Å². The molecular formula is C27H30N4O. The van der Waals surface area contributed by atoms with E-state index in [1.807, 2.05) is 6.21 Å². The average molecular weight is 427 g/mol. The van der Waals surface area contributed by atoms with E-state index in [1.165, 1.54) is 22.3 Å². The second-order valence-electron chi connectivity index (χ2n) is 9.84. The molecule has 6 rings (SSSR count). The monoisotopic (exact) mass is 426 g/mol. The molecule has 0 bridgehead atoms. The van der Waals surface area contributed by atoms with E-state index >= 15 is 0 Å². The maximum atomic E-state index is 6.99. The molecule has 0 radical (unpaired) electrons. The minimum Gasteiger partial charge on any atom is -0.459 e. The number of fused-ring (bicyclic) bond motifs is 4. The molecule has 0 amide bonds. The van der Waals surface area contributed by atoms with Crippen LogP contribution in [0.25, 0.3) is 10.8 Å². The van der Waals surface area contributed by atoms with Crippen LogP contribution in [0.5, 0.6) is 5.75 Å². The molecule has 0 aliphatic carbocycles. The van der Waals surface area contributed by atoms with Crippen molar-refractivity contribution in [3.63, 3.8) is 0 Å². The number of ether oxygens (including phenoxy) is 1. The summed E-state index contributed by atoms with van der Waals surface area (Å²) in [5.41, 5.74) is 3.76. The van der Waals surface area contributed by atoms with Gasteiger partial charge in [0.05, 0.1) is 11.6 Å². The molecule has 1 fully saturated rings. The second kappa shape index (κ2) is 6.72. The quantitative estimate of drug-likeness (QED) is 0.559. The first-order valence-electron chi connectivity index (χ1n) is 11.5. The lowest BCUT2D eigenvalue weighted by atomic mass is 9.77. The summed E-state index contributed by atoms with van der Waals surface area (Å²) in [6.07, 6.45) is 2.03. The van der Waals surface area contributed by atoms with Gasteiger partial charge in [0.2, 0.25) is 5.72 Å². The van der Waals surface area contributed by atoms with Crippen LogP contribution in [0.15, 0.2) is 59.6 Å². The maximum Gasteiger partial charge on any atom is 0.228 e. The summed E-state index contributed by atoms with van der Waals surface area (Å²) in [4.78, 5) is 12.2. The van der Waals surface area contributed by atoms with E-state index in [-0.39, 0.29) is 5.41 Å². The van der Waals surface area contributed by atoms with Gasteiger partial charge in [-0.1, -0.05) is 42.5 Å². The standard InChI is InChI=1S/C27H30N4O/c1-26(2)21-11-7-8-12-22(21)30(4)27(26)18-28-25-20-10-6-5-9-19(20)23(17-24(25)32-27)31-15-13-29(3)14-16-31/h5-12,17-18H,13-16H2,1-4H3. The van der Waals surface area contributed by atoms with Gasteiger partial charge in [0.1, 0.15) is 5.69 Å². The fraction of sp³-hybridized carbons (Fsp3) is 0.370. The zero-order valence-electron chi connectivity index (χ0n) is 19.3. The molecule has 5 nitrogen and oxygen atoms in total. The lowest BCUT2D eigenvalue weighted by Crippen LogP contribution is -2.61. The van der Waals surface area contributed by atoms with Crippen molar-refractivity contribution in [2.75, 3.05) is 50.1 Å². The molecule has 164 valence electrons. The highest BCUT2D eigenvalue weighted by Crippen LogP contribution is 2.55. The fourth-order valence-electron chi connectivity index (χ4n) is 5.71. The lowest BCUT2D eigenvalue weighted by Gasteiger charge is -2.45. The molecule has 32 heavy (non-hydrogen) atoms. The SMILES string of the molecule is CN1CCN(c2cc3c(c4ccccc24)N=CC2(O3)N(C)c3ccccc3C2(C)C)CC1. The van der Waals surface area contributed by atoms with Crippen LogP contribution in [0.3, 0.4) is 0 Å². The third kappa shape index (κ3) is 2.51. The van der Waals surface area contributed by atoms with E-state index in [2.05, 4.69) is 97.2 Å². The van der Waals surface area contributed by atoms with Crippen molar-refractivity contribution in [2.45, 2.75) is 25.0 Å². The van der Waals surface area contributed by atoms with Gasteiger partial charge in [-0.2, -0.15) is 0 Å². The first-order chi connectivity index (χ1) is 15.4. The van der Waals surface area contributed by atoms with E-state index in [9.17, 15) is 0 Å². The zero-order valence-corrected chi connectivity index (χ0v) is 19.3. The number of aliphatic imine (C=N–C) groups is 1. The molecule has 3 aliphatic heterocycles. The van der Waals surface area contributed by atoms with Gasteiger partial charge in [-0.3, -0.25) is 4.99 Å². The highest BCUT2D eigenvalue weighted by molar-refractivity contribution is 6.06. The summed E-state index contributed by atoms with van der Waals surface area (Å²) in [7, 11) is 4.31. The molecule has 0 saturated carbocycles. The Morgan fingerprint density at radius 3 is 2.28 bits per heavy atom. The van der Waals surface area contributed by atoms with Crippen molar-refractivity contribution in [3.8, 4) is 5.75 Å². The number of rotatable bonds is 1. The van der Waals surface area contributed by atoms with Crippen molar-refractivity contribution in [2.24, 2.45) is 4.99 Å². The number of piperazine rings is 1. The van der Waals surface area contributed by atoms with Gasteiger partial charge in [-0.05, 0) is 32.5 Å². The molecule has 1 atom stereocenters. The van der Waals surface area contributed by atoms with Crippen LogP contribution in [0.4, 0.5) is 17.1 Å². The highest BCUT2D eigenvalue weighted by atomic mass is 16.5. The smallest absolute Gasteiger partial charge is 0.228 e. The average Bonchev–Trinajstić information content (AvgIpc) is 2.97. The van der Waals surface area contributed by atoms with Crippen LogP contribution in [0, 0.1) is 0 Å². The van der Waals surface area contributed by atoms with Crippen molar-refractivity contribution in [1.82, 2.24) is 4.90 Å². The van der Waals surface area contributed by atoms with E-state index < -0.39 is 5.72 Å². The molecular weight excluding hydrogens is 396 g/mol. The Hall–Kier alpha value is -3.05. The first-order valence-corrected chi connectivity index (χ1v) is 11.5. The summed E-state index contributed by atoms with van der Waals surface area (Å²) in [6.45, 7) is 8.69. The van der Waals surface area contributed by atoms with Crippen LogP contribution in [-0.4, -0.2) is 57.1 Å². The molecule has 1 unspecified atom stereocenters. The third-order valence-electron chi connectivity index (χ3n) is 7.77. The summed E-state index contributed by atoms with van der Waals surface area (Å²) in [6, 6.07) is 19.4. The number of hydrogen-bond donors (Lipinski definition) is 0. The van der Waals surface area contributed by atoms with Gasteiger partial charge in [-0.25, -0.2) is 0 Å². The van der Waals surface area contributed by atoms with Gasteiger partial charge in [0, 0.05) is 61.4 Å². The topological polar surface area (TPSA) is 31.3 Å². The molecule has 3 aliphatic rings. The Labute approximate surface area is 189 Å². The van der Waals surface area contributed by atoms with Gasteiger partial charge in [0.25, 0.3) is 0 Å². The minimum atomic E-state index is -0.661. The molecule has 1 spiro atoms. The number of likely N-dealkylation sites (N-methyl/N-ethyl adjacent to an activating group) is 2. The summed E-state index contributed by atoms with van der Waals surface area (Å²) >= 11 is 0. The molecule has 3 heterocycles. The van der Waals surface area contributed by atoms with Gasteiger partial charge in [-0.15, -0.1) is 0 Å². The van der Waals surface area contributed by atoms with E-state index in [1.54, 1.807) is 0 Å². The Bertz CT molecular complexity index is 1240. The predicted molar refractivity (Wildman–Crippen MR) is 133 cm³/mol. The van der Waals surface area contributed by atoms with Crippen molar-refractivity contribution in [1.29, 1.82) is 0 Å². The minimum absolute atomic E-state index is 0.251. The van der Waals surface area contributed by atoms with Gasteiger partial charge < -0.3 is 19.4 Å². The Morgan fingerprint density at radius 2 is 1.53 bits per heavy atom. The summed E-state index contributed by atoms with van der Waals surface area (Å²) < 4.78 is 6.99.